The number of carbonyl (C=O) groups excluding carboxylic acids is 1. The van der Waals surface area contributed by atoms with Gasteiger partial charge < -0.3 is 5.32 Å². The Labute approximate surface area is 151 Å². The van der Waals surface area contributed by atoms with Crippen LogP contribution in [-0.2, 0) is 6.54 Å². The molecule has 1 fully saturated rings. The van der Waals surface area contributed by atoms with E-state index in [1.165, 1.54) is 19.3 Å². The van der Waals surface area contributed by atoms with Crippen molar-refractivity contribution < 1.29 is 4.79 Å². The summed E-state index contributed by atoms with van der Waals surface area (Å²) in [5.41, 5.74) is 0.991. The van der Waals surface area contributed by atoms with Crippen LogP contribution in [0.2, 0.25) is 10.0 Å². The van der Waals surface area contributed by atoms with E-state index in [1.54, 1.807) is 16.8 Å². The molecule has 7 heteroatoms. The van der Waals surface area contributed by atoms with Crippen molar-refractivity contribution >= 4 is 35.1 Å². The molecule has 1 aromatic heterocycles. The van der Waals surface area contributed by atoms with Crippen molar-refractivity contribution in [2.45, 2.75) is 44.7 Å². The first-order valence-corrected chi connectivity index (χ1v) is 8.90. The molecule has 2 aromatic rings. The molecule has 1 aliphatic carbocycles. The van der Waals surface area contributed by atoms with Crippen LogP contribution in [0.1, 0.15) is 37.7 Å². The molecule has 0 unspecified atom stereocenters. The molecule has 0 bridgehead atoms. The Hall–Kier alpha value is -1.72. The quantitative estimate of drug-likeness (QED) is 0.824. The van der Waals surface area contributed by atoms with Crippen LogP contribution >= 0.6 is 23.2 Å². The number of rotatable bonds is 4. The van der Waals surface area contributed by atoms with Gasteiger partial charge in [-0.15, -0.1) is 0 Å². The third-order valence-electron chi connectivity index (χ3n) is 4.15. The van der Waals surface area contributed by atoms with Crippen molar-refractivity contribution in [1.82, 2.24) is 15.1 Å². The third kappa shape index (κ3) is 4.65. The number of amides is 2. The van der Waals surface area contributed by atoms with E-state index >= 15 is 0 Å². The topological polar surface area (TPSA) is 59.0 Å². The molecule has 0 spiro atoms. The Balaban J connectivity index is 1.54. The van der Waals surface area contributed by atoms with Crippen LogP contribution in [0, 0.1) is 0 Å². The zero-order valence-corrected chi connectivity index (χ0v) is 14.8. The second kappa shape index (κ2) is 7.90. The summed E-state index contributed by atoms with van der Waals surface area (Å²) in [7, 11) is 0. The molecule has 1 saturated carbocycles. The minimum atomic E-state index is -0.193. The summed E-state index contributed by atoms with van der Waals surface area (Å²) in [5.74, 6) is 0.531. The van der Waals surface area contributed by atoms with Gasteiger partial charge in [0, 0.05) is 18.3 Å². The van der Waals surface area contributed by atoms with Crippen LogP contribution in [0.15, 0.2) is 30.5 Å². The maximum absolute atomic E-state index is 12.0. The number of anilines is 1. The fourth-order valence-corrected chi connectivity index (χ4v) is 3.25. The van der Waals surface area contributed by atoms with Crippen molar-refractivity contribution in [3.63, 3.8) is 0 Å². The van der Waals surface area contributed by atoms with E-state index in [0.717, 1.165) is 18.4 Å². The number of hydrogen-bond acceptors (Lipinski definition) is 2. The van der Waals surface area contributed by atoms with Gasteiger partial charge in [-0.2, -0.15) is 5.10 Å². The monoisotopic (exact) mass is 366 g/mol. The van der Waals surface area contributed by atoms with E-state index in [9.17, 15) is 4.79 Å². The molecular formula is C17H20Cl2N4O. The number of benzene rings is 1. The number of nitrogens with one attached hydrogen (secondary N) is 2. The highest BCUT2D eigenvalue weighted by Gasteiger charge is 2.16. The molecular weight excluding hydrogens is 347 g/mol. The minimum absolute atomic E-state index is 0.193. The van der Waals surface area contributed by atoms with Crippen LogP contribution in [0.5, 0.6) is 0 Å². The van der Waals surface area contributed by atoms with Gasteiger partial charge in [-0.1, -0.05) is 48.5 Å². The maximum atomic E-state index is 12.0. The van der Waals surface area contributed by atoms with E-state index in [0.29, 0.717) is 22.4 Å². The lowest BCUT2D eigenvalue weighted by atomic mass is 9.96. The predicted molar refractivity (Wildman–Crippen MR) is 96.8 cm³/mol. The normalized spacial score (nSPS) is 15.2. The number of urea groups is 1. The highest BCUT2D eigenvalue weighted by atomic mass is 35.5. The summed E-state index contributed by atoms with van der Waals surface area (Å²) in [6.45, 7) is 0.558. The molecule has 0 aliphatic heterocycles. The van der Waals surface area contributed by atoms with Gasteiger partial charge in [-0.3, -0.25) is 10.00 Å². The van der Waals surface area contributed by atoms with Crippen LogP contribution in [0.4, 0.5) is 10.6 Å². The van der Waals surface area contributed by atoms with Crippen molar-refractivity contribution in [3.8, 4) is 0 Å². The highest BCUT2D eigenvalue weighted by molar-refractivity contribution is 6.42. The lowest BCUT2D eigenvalue weighted by Gasteiger charge is -2.22. The predicted octanol–water partition coefficient (Wildman–Crippen LogP) is 4.69. The molecule has 0 radical (unpaired) electrons. The van der Waals surface area contributed by atoms with Gasteiger partial charge in [0.1, 0.15) is 0 Å². The summed E-state index contributed by atoms with van der Waals surface area (Å²) in [6.07, 6.45) is 7.56. The van der Waals surface area contributed by atoms with Crippen LogP contribution in [0.25, 0.3) is 0 Å². The number of hydrogen-bond donors (Lipinski definition) is 2. The summed E-state index contributed by atoms with van der Waals surface area (Å²) in [6, 6.07) is 7.34. The van der Waals surface area contributed by atoms with Gasteiger partial charge in [-0.05, 0) is 30.5 Å². The van der Waals surface area contributed by atoms with Gasteiger partial charge in [0.2, 0.25) is 0 Å². The Morgan fingerprint density at radius 2 is 1.96 bits per heavy atom. The van der Waals surface area contributed by atoms with E-state index in [4.69, 9.17) is 23.2 Å². The Bertz CT molecular complexity index is 710. The van der Waals surface area contributed by atoms with E-state index < -0.39 is 0 Å². The van der Waals surface area contributed by atoms with Crippen LogP contribution in [0.3, 0.4) is 0 Å². The molecule has 3 rings (SSSR count). The van der Waals surface area contributed by atoms with Gasteiger partial charge in [0.25, 0.3) is 0 Å². The molecule has 0 saturated heterocycles. The van der Waals surface area contributed by atoms with Crippen molar-refractivity contribution in [2.75, 3.05) is 5.32 Å². The second-order valence-electron chi connectivity index (χ2n) is 6.08. The van der Waals surface area contributed by atoms with Crippen molar-refractivity contribution in [1.29, 1.82) is 0 Å². The second-order valence-corrected chi connectivity index (χ2v) is 6.89. The van der Waals surface area contributed by atoms with E-state index in [2.05, 4.69) is 15.7 Å². The standard InChI is InChI=1S/C17H20Cl2N4O/c18-14-7-6-12(10-15(14)19)11-23-9-8-16(22-23)21-17(24)20-13-4-2-1-3-5-13/h6-10,13H,1-5,11H2,(H2,20,21,22,24). The SMILES string of the molecule is O=C(Nc1ccn(Cc2ccc(Cl)c(Cl)c2)n1)NC1CCCCC1. The average molecular weight is 367 g/mol. The van der Waals surface area contributed by atoms with E-state index in [1.807, 2.05) is 18.3 Å². The third-order valence-corrected chi connectivity index (χ3v) is 4.89. The zero-order valence-electron chi connectivity index (χ0n) is 13.3. The first-order chi connectivity index (χ1) is 11.6. The summed E-state index contributed by atoms with van der Waals surface area (Å²) >= 11 is 11.9. The number of nitrogens with zero attached hydrogens (tertiary/aromatic N) is 2. The molecule has 24 heavy (non-hydrogen) atoms. The molecule has 1 aliphatic rings. The molecule has 1 heterocycles. The number of aromatic nitrogens is 2. The minimum Gasteiger partial charge on any atom is -0.335 e. The Morgan fingerprint density at radius 3 is 2.71 bits per heavy atom. The van der Waals surface area contributed by atoms with Gasteiger partial charge >= 0.3 is 6.03 Å². The average Bonchev–Trinajstić information content (AvgIpc) is 2.98. The molecule has 128 valence electrons. The maximum Gasteiger partial charge on any atom is 0.320 e. The molecule has 1 aromatic carbocycles. The number of carbonyl (C=O) groups is 1. The number of halogens is 2. The highest BCUT2D eigenvalue weighted by Crippen LogP contribution is 2.23. The lowest BCUT2D eigenvalue weighted by Crippen LogP contribution is -2.39. The molecule has 2 N–H and O–H groups in total. The first-order valence-electron chi connectivity index (χ1n) is 8.15. The van der Waals surface area contributed by atoms with Crippen molar-refractivity contribution in [3.05, 3.63) is 46.1 Å². The fraction of sp³-hybridized carbons (Fsp3) is 0.412. The fourth-order valence-electron chi connectivity index (χ4n) is 2.93. The zero-order chi connectivity index (χ0) is 16.9. The molecule has 0 atom stereocenters. The molecule has 2 amide bonds. The van der Waals surface area contributed by atoms with Crippen LogP contribution < -0.4 is 10.6 Å². The van der Waals surface area contributed by atoms with Crippen molar-refractivity contribution in [2.24, 2.45) is 0 Å². The van der Waals surface area contributed by atoms with Crippen LogP contribution in [-0.4, -0.2) is 21.9 Å². The van der Waals surface area contributed by atoms with E-state index in [-0.39, 0.29) is 12.1 Å². The summed E-state index contributed by atoms with van der Waals surface area (Å²) in [4.78, 5) is 12.0. The van der Waals surface area contributed by atoms with Gasteiger partial charge in [0.15, 0.2) is 5.82 Å². The Morgan fingerprint density at radius 1 is 1.17 bits per heavy atom. The summed E-state index contributed by atoms with van der Waals surface area (Å²) < 4.78 is 1.75. The lowest BCUT2D eigenvalue weighted by molar-refractivity contribution is 0.244. The van der Waals surface area contributed by atoms with Gasteiger partial charge in [0.05, 0.1) is 16.6 Å². The van der Waals surface area contributed by atoms with Gasteiger partial charge in [-0.25, -0.2) is 4.79 Å². The summed E-state index contributed by atoms with van der Waals surface area (Å²) in [5, 5.41) is 11.2. The Kier molecular flexibility index (Phi) is 5.63. The largest absolute Gasteiger partial charge is 0.335 e. The first kappa shape index (κ1) is 17.1. The molecule has 5 nitrogen and oxygen atoms in total. The smallest absolute Gasteiger partial charge is 0.320 e.